The molecule has 1 fully saturated rings. The van der Waals surface area contributed by atoms with E-state index in [0.29, 0.717) is 30.1 Å². The fourth-order valence-corrected chi connectivity index (χ4v) is 3.86. The Bertz CT molecular complexity index is 994. The normalized spacial score (nSPS) is 25.4. The fraction of sp³-hybridized carbons (Fsp3) is 0.476. The van der Waals surface area contributed by atoms with Gasteiger partial charge in [0.2, 0.25) is 0 Å². The summed E-state index contributed by atoms with van der Waals surface area (Å²) in [6.07, 6.45) is 7.68. The van der Waals surface area contributed by atoms with Crippen molar-refractivity contribution in [2.24, 2.45) is 10.4 Å². The van der Waals surface area contributed by atoms with Gasteiger partial charge in [0.05, 0.1) is 48.5 Å². The van der Waals surface area contributed by atoms with E-state index in [9.17, 15) is 0 Å². The Labute approximate surface area is 158 Å². The number of imidazole rings is 1. The molecule has 0 saturated heterocycles. The zero-order valence-electron chi connectivity index (χ0n) is 15.4. The second-order valence-electron chi connectivity index (χ2n) is 7.95. The quantitative estimate of drug-likeness (QED) is 0.783. The highest BCUT2D eigenvalue weighted by molar-refractivity contribution is 5.78. The molecule has 0 bridgehead atoms. The second kappa shape index (κ2) is 6.21. The molecular formula is C21H22N4O2. The van der Waals surface area contributed by atoms with Gasteiger partial charge in [-0.05, 0) is 48.4 Å². The third-order valence-electron chi connectivity index (χ3n) is 5.90. The van der Waals surface area contributed by atoms with Gasteiger partial charge in [-0.25, -0.2) is 0 Å². The van der Waals surface area contributed by atoms with Gasteiger partial charge in [-0.1, -0.05) is 13.0 Å². The first kappa shape index (κ1) is 16.5. The van der Waals surface area contributed by atoms with Gasteiger partial charge >= 0.3 is 0 Å². The van der Waals surface area contributed by atoms with E-state index in [4.69, 9.17) is 14.7 Å². The van der Waals surface area contributed by atoms with Crippen LogP contribution < -0.4 is 4.74 Å². The van der Waals surface area contributed by atoms with E-state index in [1.807, 2.05) is 18.3 Å². The number of nitrogens with zero attached hydrogens (tertiary/aromatic N) is 4. The highest BCUT2D eigenvalue weighted by atomic mass is 16.6. The van der Waals surface area contributed by atoms with Crippen LogP contribution in [0.25, 0.3) is 11.0 Å². The van der Waals surface area contributed by atoms with E-state index in [1.54, 1.807) is 6.07 Å². The SMILES string of the molecule is CC1(C2=CCC(OCC3Cn4c(nc5cc(C#N)ccc54)O3)C=NC2)CC1. The van der Waals surface area contributed by atoms with Crippen LogP contribution in [-0.2, 0) is 11.3 Å². The summed E-state index contributed by atoms with van der Waals surface area (Å²) < 4.78 is 14.1. The number of nitriles is 1. The van der Waals surface area contributed by atoms with Crippen LogP contribution in [0.1, 0.15) is 31.7 Å². The number of fused-ring (bicyclic) bond motifs is 3. The van der Waals surface area contributed by atoms with Crippen molar-refractivity contribution in [3.05, 3.63) is 35.4 Å². The Morgan fingerprint density at radius 3 is 3.11 bits per heavy atom. The van der Waals surface area contributed by atoms with Gasteiger partial charge in [-0.15, -0.1) is 0 Å². The third kappa shape index (κ3) is 3.02. The number of aliphatic imine (C=N–C) groups is 1. The summed E-state index contributed by atoms with van der Waals surface area (Å²) in [5.74, 6) is 0. The van der Waals surface area contributed by atoms with E-state index in [1.165, 1.54) is 18.4 Å². The van der Waals surface area contributed by atoms with Crippen molar-refractivity contribution in [3.8, 4) is 12.1 Å². The predicted molar refractivity (Wildman–Crippen MR) is 102 cm³/mol. The average molecular weight is 362 g/mol. The van der Waals surface area contributed by atoms with Gasteiger partial charge in [-0.3, -0.25) is 9.56 Å². The largest absolute Gasteiger partial charge is 0.457 e. The predicted octanol–water partition coefficient (Wildman–Crippen LogP) is 3.26. The van der Waals surface area contributed by atoms with Crippen LogP contribution in [0.4, 0.5) is 0 Å². The molecule has 6 nitrogen and oxygen atoms in total. The topological polar surface area (TPSA) is 72.4 Å². The smallest absolute Gasteiger partial charge is 0.297 e. The van der Waals surface area contributed by atoms with E-state index in [2.05, 4.69) is 33.6 Å². The molecule has 2 aromatic rings. The minimum atomic E-state index is -0.0476. The van der Waals surface area contributed by atoms with E-state index >= 15 is 0 Å². The Balaban J connectivity index is 1.21. The van der Waals surface area contributed by atoms with Crippen molar-refractivity contribution < 1.29 is 9.47 Å². The van der Waals surface area contributed by atoms with Gasteiger partial charge in [0, 0.05) is 6.21 Å². The zero-order valence-corrected chi connectivity index (χ0v) is 15.4. The molecule has 2 atom stereocenters. The molecule has 0 spiro atoms. The summed E-state index contributed by atoms with van der Waals surface area (Å²) in [4.78, 5) is 9.07. The number of aromatic nitrogens is 2. The molecule has 3 heterocycles. The van der Waals surface area contributed by atoms with Crippen molar-refractivity contribution in [1.82, 2.24) is 9.55 Å². The first-order valence-corrected chi connectivity index (χ1v) is 9.53. The van der Waals surface area contributed by atoms with Crippen molar-refractivity contribution in [3.63, 3.8) is 0 Å². The van der Waals surface area contributed by atoms with Crippen LogP contribution in [-0.4, -0.2) is 41.1 Å². The Kier molecular flexibility index (Phi) is 3.80. The first-order valence-electron chi connectivity index (χ1n) is 9.53. The summed E-state index contributed by atoms with van der Waals surface area (Å²) in [5, 5.41) is 9.02. The molecule has 0 radical (unpaired) electrons. The molecule has 0 amide bonds. The Hall–Kier alpha value is -2.65. The molecule has 3 aliphatic rings. The van der Waals surface area contributed by atoms with E-state index in [0.717, 1.165) is 24.0 Å². The number of rotatable bonds is 4. The molecule has 27 heavy (non-hydrogen) atoms. The fourth-order valence-electron chi connectivity index (χ4n) is 3.86. The van der Waals surface area contributed by atoms with Crippen molar-refractivity contribution in [2.75, 3.05) is 13.2 Å². The van der Waals surface area contributed by atoms with Gasteiger partial charge in [0.1, 0.15) is 6.10 Å². The van der Waals surface area contributed by atoms with Crippen LogP contribution in [0, 0.1) is 16.7 Å². The van der Waals surface area contributed by atoms with Crippen LogP contribution in [0.3, 0.4) is 0 Å². The minimum absolute atomic E-state index is 0.0105. The van der Waals surface area contributed by atoms with Gasteiger partial charge in [-0.2, -0.15) is 10.2 Å². The van der Waals surface area contributed by atoms with Gasteiger partial charge in [0.15, 0.2) is 0 Å². The molecule has 1 aromatic carbocycles. The highest BCUT2D eigenvalue weighted by Crippen LogP contribution is 2.51. The molecule has 5 rings (SSSR count). The minimum Gasteiger partial charge on any atom is -0.457 e. The third-order valence-corrected chi connectivity index (χ3v) is 5.90. The molecule has 1 saturated carbocycles. The van der Waals surface area contributed by atoms with Crippen molar-refractivity contribution in [1.29, 1.82) is 5.26 Å². The summed E-state index contributed by atoms with van der Waals surface area (Å²) in [6, 6.07) is 8.28. The summed E-state index contributed by atoms with van der Waals surface area (Å²) in [5.41, 5.74) is 4.26. The number of hydrogen-bond acceptors (Lipinski definition) is 5. The summed E-state index contributed by atoms with van der Waals surface area (Å²) in [7, 11) is 0. The maximum atomic E-state index is 9.02. The number of ether oxygens (including phenoxy) is 2. The molecular weight excluding hydrogens is 340 g/mol. The van der Waals surface area contributed by atoms with Gasteiger partial charge in [0.25, 0.3) is 6.01 Å². The Morgan fingerprint density at radius 2 is 2.30 bits per heavy atom. The van der Waals surface area contributed by atoms with E-state index in [-0.39, 0.29) is 12.2 Å². The molecule has 2 aliphatic heterocycles. The lowest BCUT2D eigenvalue weighted by Gasteiger charge is -2.15. The second-order valence-corrected chi connectivity index (χ2v) is 7.95. The lowest BCUT2D eigenvalue weighted by atomic mass is 9.97. The van der Waals surface area contributed by atoms with E-state index < -0.39 is 0 Å². The molecule has 2 unspecified atom stereocenters. The van der Waals surface area contributed by atoms with Crippen LogP contribution in [0.2, 0.25) is 0 Å². The standard InChI is InChI=1S/C21H22N4O2/c1-21(6-7-21)15-3-4-16(11-23-10-15)26-13-17-12-25-19-5-2-14(9-22)8-18(19)24-20(25)27-17/h2-3,5,8,11,16-17H,4,6-7,10,12-13H2,1H3. The monoisotopic (exact) mass is 362 g/mol. The molecule has 6 heteroatoms. The van der Waals surface area contributed by atoms with Crippen LogP contribution >= 0.6 is 0 Å². The lowest BCUT2D eigenvalue weighted by molar-refractivity contribution is 0.0383. The molecule has 138 valence electrons. The lowest BCUT2D eigenvalue weighted by Crippen LogP contribution is -2.26. The molecule has 1 aliphatic carbocycles. The number of benzene rings is 1. The zero-order chi connectivity index (χ0) is 18.4. The molecule has 0 N–H and O–H groups in total. The summed E-state index contributed by atoms with van der Waals surface area (Å²) >= 11 is 0. The summed E-state index contributed by atoms with van der Waals surface area (Å²) in [6.45, 7) is 4.36. The average Bonchev–Trinajstić information content (AvgIpc) is 3.26. The van der Waals surface area contributed by atoms with Crippen molar-refractivity contribution >= 4 is 17.2 Å². The van der Waals surface area contributed by atoms with Crippen LogP contribution in [0.15, 0.2) is 34.8 Å². The maximum Gasteiger partial charge on any atom is 0.297 e. The highest BCUT2D eigenvalue weighted by Gasteiger charge is 2.40. The first-order chi connectivity index (χ1) is 13.1. The van der Waals surface area contributed by atoms with Gasteiger partial charge < -0.3 is 9.47 Å². The number of hydrogen-bond donors (Lipinski definition) is 0. The Morgan fingerprint density at radius 1 is 1.41 bits per heavy atom. The van der Waals surface area contributed by atoms with Crippen LogP contribution in [0.5, 0.6) is 6.01 Å². The maximum absolute atomic E-state index is 9.02. The van der Waals surface area contributed by atoms with Crippen molar-refractivity contribution in [2.45, 2.75) is 44.9 Å². The molecule has 1 aromatic heterocycles.